The number of carbonyl (C=O) groups excluding carboxylic acids is 1. The van der Waals surface area contributed by atoms with Gasteiger partial charge in [-0.05, 0) is 53.0 Å². The maximum Gasteiger partial charge on any atom is 0.272 e. The summed E-state index contributed by atoms with van der Waals surface area (Å²) in [5.74, 6) is -0.117. The molecule has 1 amide bonds. The predicted molar refractivity (Wildman–Crippen MR) is 103 cm³/mol. The minimum absolute atomic E-state index is 0.0866. The van der Waals surface area contributed by atoms with Crippen molar-refractivity contribution in [1.82, 2.24) is 20.4 Å². The maximum absolute atomic E-state index is 12.8. The van der Waals surface area contributed by atoms with Crippen LogP contribution in [0.1, 0.15) is 63.5 Å². The van der Waals surface area contributed by atoms with Gasteiger partial charge in [0.1, 0.15) is 0 Å². The zero-order chi connectivity index (χ0) is 18.9. The molecule has 2 aromatic rings. The molecule has 1 aliphatic heterocycles. The topological polar surface area (TPSA) is 79.2 Å². The quantitative estimate of drug-likeness (QED) is 0.768. The third-order valence-corrected chi connectivity index (χ3v) is 4.92. The molecule has 1 saturated heterocycles. The van der Waals surface area contributed by atoms with E-state index in [2.05, 4.69) is 29.6 Å². The van der Waals surface area contributed by atoms with Gasteiger partial charge in [0.25, 0.3) is 5.91 Å². The summed E-state index contributed by atoms with van der Waals surface area (Å²) in [7, 11) is 0. The van der Waals surface area contributed by atoms with Crippen LogP contribution < -0.4 is 10.6 Å². The second kappa shape index (κ2) is 7.37. The summed E-state index contributed by atoms with van der Waals surface area (Å²) >= 11 is 0. The summed E-state index contributed by atoms with van der Waals surface area (Å²) in [6.45, 7) is 8.51. The van der Waals surface area contributed by atoms with Gasteiger partial charge < -0.3 is 15.7 Å². The van der Waals surface area contributed by atoms with Crippen LogP contribution >= 0.6 is 0 Å². The number of hydrogen-bond donors (Lipinski definition) is 3. The number of carbonyl (C=O) groups is 1. The molecule has 1 fully saturated rings. The molecule has 3 rings (SSSR count). The summed E-state index contributed by atoms with van der Waals surface area (Å²) in [6, 6.07) is 8.44. The Morgan fingerprint density at radius 2 is 2.12 bits per heavy atom. The van der Waals surface area contributed by atoms with Gasteiger partial charge in [0.15, 0.2) is 5.69 Å². The van der Waals surface area contributed by atoms with E-state index in [0.29, 0.717) is 11.7 Å². The molecule has 0 saturated carbocycles. The van der Waals surface area contributed by atoms with Crippen LogP contribution in [0.5, 0.6) is 0 Å². The Hall–Kier alpha value is -1.92. The highest BCUT2D eigenvalue weighted by molar-refractivity contribution is 6.05. The van der Waals surface area contributed by atoms with Crippen LogP contribution in [-0.4, -0.2) is 45.0 Å². The van der Waals surface area contributed by atoms with E-state index in [-0.39, 0.29) is 18.0 Å². The standard InChI is InChI=1S/C20H30N4O2/c1-13(2)24-17-8-6-5-7-16(17)18(23-24)19(25)22-15-10-9-14(21-12-15)11-20(3,4)26/h5-8,13-15,21,26H,9-12H2,1-4H3,(H,22,25)/t14-,15-/m1/s1. The summed E-state index contributed by atoms with van der Waals surface area (Å²) in [6.07, 6.45) is 2.57. The van der Waals surface area contributed by atoms with Crippen molar-refractivity contribution in [2.75, 3.05) is 6.54 Å². The van der Waals surface area contributed by atoms with Crippen molar-refractivity contribution in [3.63, 3.8) is 0 Å². The molecule has 0 radical (unpaired) electrons. The van der Waals surface area contributed by atoms with E-state index in [1.165, 1.54) is 0 Å². The Kier molecular flexibility index (Phi) is 5.34. The van der Waals surface area contributed by atoms with E-state index in [9.17, 15) is 9.90 Å². The van der Waals surface area contributed by atoms with E-state index < -0.39 is 5.60 Å². The third kappa shape index (κ3) is 4.24. The van der Waals surface area contributed by atoms with E-state index in [1.54, 1.807) is 0 Å². The summed E-state index contributed by atoms with van der Waals surface area (Å²) in [5, 5.41) is 22.0. The van der Waals surface area contributed by atoms with Crippen molar-refractivity contribution in [3.05, 3.63) is 30.0 Å². The Balaban J connectivity index is 1.67. The van der Waals surface area contributed by atoms with Gasteiger partial charge in [-0.1, -0.05) is 18.2 Å². The minimum atomic E-state index is -0.670. The average molecular weight is 358 g/mol. The zero-order valence-electron chi connectivity index (χ0n) is 16.1. The maximum atomic E-state index is 12.8. The van der Waals surface area contributed by atoms with Crippen LogP contribution in [0.4, 0.5) is 0 Å². The first kappa shape index (κ1) is 18.9. The van der Waals surface area contributed by atoms with Crippen LogP contribution in [-0.2, 0) is 0 Å². The Labute approximate surface area is 155 Å². The molecule has 1 aromatic carbocycles. The van der Waals surface area contributed by atoms with Gasteiger partial charge in [-0.15, -0.1) is 0 Å². The lowest BCUT2D eigenvalue weighted by molar-refractivity contribution is 0.0536. The molecule has 26 heavy (non-hydrogen) atoms. The van der Waals surface area contributed by atoms with Crippen molar-refractivity contribution in [2.45, 2.75) is 70.7 Å². The normalized spacial score (nSPS) is 21.3. The third-order valence-electron chi connectivity index (χ3n) is 4.92. The molecule has 1 aromatic heterocycles. The molecule has 0 bridgehead atoms. The SMILES string of the molecule is CC(C)n1nc(C(=O)N[C@@H]2CC[C@H](CC(C)(C)O)NC2)c2ccccc21. The molecule has 6 nitrogen and oxygen atoms in total. The van der Waals surface area contributed by atoms with Crippen molar-refractivity contribution in [1.29, 1.82) is 0 Å². The number of amides is 1. The van der Waals surface area contributed by atoms with Crippen molar-refractivity contribution < 1.29 is 9.90 Å². The number of nitrogens with one attached hydrogen (secondary N) is 2. The smallest absolute Gasteiger partial charge is 0.272 e. The first-order valence-corrected chi connectivity index (χ1v) is 9.48. The molecule has 2 atom stereocenters. The van der Waals surface area contributed by atoms with Crippen molar-refractivity contribution >= 4 is 16.8 Å². The lowest BCUT2D eigenvalue weighted by Crippen LogP contribution is -2.51. The fraction of sp³-hybridized carbons (Fsp3) is 0.600. The van der Waals surface area contributed by atoms with Crippen LogP contribution in [0.2, 0.25) is 0 Å². The van der Waals surface area contributed by atoms with Gasteiger partial charge >= 0.3 is 0 Å². The Morgan fingerprint density at radius 3 is 2.73 bits per heavy atom. The largest absolute Gasteiger partial charge is 0.390 e. The van der Waals surface area contributed by atoms with Gasteiger partial charge in [-0.25, -0.2) is 0 Å². The predicted octanol–water partition coefficient (Wildman–Crippen LogP) is 2.63. The number of aliphatic hydroxyl groups is 1. The van der Waals surface area contributed by atoms with Crippen LogP contribution in [0, 0.1) is 0 Å². The molecule has 3 N–H and O–H groups in total. The molecule has 0 aliphatic carbocycles. The van der Waals surface area contributed by atoms with Crippen molar-refractivity contribution in [3.8, 4) is 0 Å². The number of para-hydroxylation sites is 1. The van der Waals surface area contributed by atoms with Crippen LogP contribution in [0.25, 0.3) is 10.9 Å². The highest BCUT2D eigenvalue weighted by Gasteiger charge is 2.27. The van der Waals surface area contributed by atoms with E-state index in [0.717, 1.165) is 36.7 Å². The van der Waals surface area contributed by atoms with E-state index >= 15 is 0 Å². The number of nitrogens with zero attached hydrogens (tertiary/aromatic N) is 2. The van der Waals surface area contributed by atoms with Crippen LogP contribution in [0.3, 0.4) is 0 Å². The van der Waals surface area contributed by atoms with E-state index in [4.69, 9.17) is 0 Å². The zero-order valence-corrected chi connectivity index (χ0v) is 16.1. The molecular weight excluding hydrogens is 328 g/mol. The Morgan fingerprint density at radius 1 is 1.38 bits per heavy atom. The number of rotatable bonds is 5. The second-order valence-electron chi connectivity index (χ2n) is 8.27. The molecule has 0 unspecified atom stereocenters. The molecule has 0 spiro atoms. The molecule has 2 heterocycles. The van der Waals surface area contributed by atoms with E-state index in [1.807, 2.05) is 42.8 Å². The van der Waals surface area contributed by atoms with Crippen molar-refractivity contribution in [2.24, 2.45) is 0 Å². The highest BCUT2D eigenvalue weighted by Crippen LogP contribution is 2.22. The first-order chi connectivity index (χ1) is 12.2. The van der Waals surface area contributed by atoms with Crippen LogP contribution in [0.15, 0.2) is 24.3 Å². The lowest BCUT2D eigenvalue weighted by atomic mass is 9.91. The average Bonchev–Trinajstić information content (AvgIpc) is 2.95. The fourth-order valence-corrected chi connectivity index (χ4v) is 3.72. The Bertz CT molecular complexity index is 768. The second-order valence-corrected chi connectivity index (χ2v) is 8.27. The van der Waals surface area contributed by atoms with Gasteiger partial charge in [0.05, 0.1) is 11.1 Å². The van der Waals surface area contributed by atoms with Gasteiger partial charge in [0, 0.05) is 30.1 Å². The van der Waals surface area contributed by atoms with Gasteiger partial charge in [0.2, 0.25) is 0 Å². The molecule has 1 aliphatic rings. The number of hydrogen-bond acceptors (Lipinski definition) is 4. The number of piperidine rings is 1. The number of fused-ring (bicyclic) bond motifs is 1. The minimum Gasteiger partial charge on any atom is -0.390 e. The first-order valence-electron chi connectivity index (χ1n) is 9.48. The lowest BCUT2D eigenvalue weighted by Gasteiger charge is -2.33. The van der Waals surface area contributed by atoms with Gasteiger partial charge in [-0.2, -0.15) is 5.10 Å². The summed E-state index contributed by atoms with van der Waals surface area (Å²) in [5.41, 5.74) is 0.809. The monoisotopic (exact) mass is 358 g/mol. The number of aromatic nitrogens is 2. The summed E-state index contributed by atoms with van der Waals surface area (Å²) in [4.78, 5) is 12.8. The summed E-state index contributed by atoms with van der Waals surface area (Å²) < 4.78 is 1.91. The number of benzene rings is 1. The molecule has 6 heteroatoms. The van der Waals surface area contributed by atoms with Gasteiger partial charge in [-0.3, -0.25) is 9.48 Å². The fourth-order valence-electron chi connectivity index (χ4n) is 3.72. The molecule has 142 valence electrons. The highest BCUT2D eigenvalue weighted by atomic mass is 16.3. The molecular formula is C20H30N4O2.